The van der Waals surface area contributed by atoms with Crippen molar-refractivity contribution in [1.29, 1.82) is 0 Å². The highest BCUT2D eigenvalue weighted by Crippen LogP contribution is 2.36. The van der Waals surface area contributed by atoms with Crippen LogP contribution in [-0.2, 0) is 28.4 Å². The van der Waals surface area contributed by atoms with Crippen molar-refractivity contribution in [3.05, 3.63) is 98.2 Å². The van der Waals surface area contributed by atoms with Crippen molar-refractivity contribution >= 4 is 19.4 Å². The number of benzene rings is 2. The Labute approximate surface area is 202 Å². The molecule has 0 aliphatic heterocycles. The number of phosphoric ester groups is 1. The molecule has 0 bridgehead atoms. The Balaban J connectivity index is 1.95. The van der Waals surface area contributed by atoms with E-state index in [0.29, 0.717) is 11.1 Å². The van der Waals surface area contributed by atoms with Gasteiger partial charge in [0.05, 0.1) is 5.56 Å². The van der Waals surface area contributed by atoms with Gasteiger partial charge in [0, 0.05) is 23.5 Å². The molecule has 0 aliphatic carbocycles. The van der Waals surface area contributed by atoms with E-state index in [1.165, 1.54) is 31.2 Å². The number of carbonyl (C=O) groups excluding carboxylic acids is 1. The molecule has 192 valence electrons. The van der Waals surface area contributed by atoms with Crippen LogP contribution in [0.3, 0.4) is 0 Å². The highest BCUT2D eigenvalue weighted by atomic mass is 31.2. The lowest BCUT2D eigenvalue weighted by molar-refractivity contribution is -0.138. The second-order valence-electron chi connectivity index (χ2n) is 8.00. The number of amides is 1. The molecule has 0 aliphatic rings. The van der Waals surface area contributed by atoms with Gasteiger partial charge in [-0.15, -0.1) is 0 Å². The topological polar surface area (TPSA) is 118 Å². The Morgan fingerprint density at radius 3 is 2.33 bits per heavy atom. The third-order valence-electron chi connectivity index (χ3n) is 5.30. The molecule has 0 atom stereocenters. The molecule has 0 spiro atoms. The quantitative estimate of drug-likeness (QED) is 0.306. The molecule has 36 heavy (non-hydrogen) atoms. The summed E-state index contributed by atoms with van der Waals surface area (Å²) < 4.78 is 70.0. The van der Waals surface area contributed by atoms with Crippen molar-refractivity contribution in [3.8, 4) is 0 Å². The highest BCUT2D eigenvalue weighted by Gasteiger charge is 2.33. The van der Waals surface area contributed by atoms with Gasteiger partial charge in [-0.1, -0.05) is 6.07 Å². The van der Waals surface area contributed by atoms with Crippen LogP contribution < -0.4 is 10.9 Å². The van der Waals surface area contributed by atoms with Crippen molar-refractivity contribution in [2.45, 2.75) is 33.2 Å². The minimum Gasteiger partial charge on any atom is -0.322 e. The first-order valence-electron chi connectivity index (χ1n) is 10.3. The standard InChI is InChI=1S/C23H21F4N2O6P/c1-13-7-17(24)4-3-15(13)9-16-10-20(23(25,26)27)14(2)8-19(16)22(31)28-18-5-6-29(21(30)11-18)12-35-36(32,33)34/h3-8,10-11H,9,12H2,1-2H3,(H,28,31)(H2,32,33,34). The fraction of sp³-hybridized carbons (Fsp3) is 0.217. The van der Waals surface area contributed by atoms with Crippen molar-refractivity contribution < 1.29 is 41.2 Å². The van der Waals surface area contributed by atoms with Crippen LogP contribution in [0.15, 0.2) is 53.5 Å². The molecule has 0 saturated carbocycles. The molecule has 0 radical (unpaired) electrons. The summed E-state index contributed by atoms with van der Waals surface area (Å²) in [7, 11) is -4.82. The van der Waals surface area contributed by atoms with Crippen LogP contribution in [0.1, 0.15) is 38.2 Å². The van der Waals surface area contributed by atoms with Crippen LogP contribution in [0.25, 0.3) is 0 Å². The zero-order valence-corrected chi connectivity index (χ0v) is 19.9. The van der Waals surface area contributed by atoms with E-state index in [1.54, 1.807) is 6.92 Å². The molecule has 1 amide bonds. The molecule has 1 aromatic heterocycles. The fourth-order valence-electron chi connectivity index (χ4n) is 3.51. The molecule has 3 aromatic rings. The SMILES string of the molecule is Cc1cc(F)ccc1Cc1cc(C(F)(F)F)c(C)cc1C(=O)Nc1ccn(COP(=O)(O)O)c(=O)c1. The Morgan fingerprint density at radius 2 is 1.75 bits per heavy atom. The van der Waals surface area contributed by atoms with Gasteiger partial charge in [-0.2, -0.15) is 13.2 Å². The minimum atomic E-state index is -4.82. The summed E-state index contributed by atoms with van der Waals surface area (Å²) >= 11 is 0. The van der Waals surface area contributed by atoms with E-state index in [0.717, 1.165) is 29.0 Å². The number of hydrogen-bond donors (Lipinski definition) is 3. The Morgan fingerprint density at radius 1 is 1.06 bits per heavy atom. The maximum absolute atomic E-state index is 13.6. The van der Waals surface area contributed by atoms with Gasteiger partial charge in [0.25, 0.3) is 11.5 Å². The van der Waals surface area contributed by atoms with Crippen LogP contribution in [0.5, 0.6) is 0 Å². The van der Waals surface area contributed by atoms with Gasteiger partial charge >= 0.3 is 14.0 Å². The predicted octanol–water partition coefficient (Wildman–Crippen LogP) is 4.53. The first-order chi connectivity index (χ1) is 16.6. The summed E-state index contributed by atoms with van der Waals surface area (Å²) in [6, 6.07) is 8.03. The van der Waals surface area contributed by atoms with E-state index in [2.05, 4.69) is 9.84 Å². The molecule has 13 heteroatoms. The summed E-state index contributed by atoms with van der Waals surface area (Å²) in [5, 5.41) is 2.45. The Bertz CT molecular complexity index is 1410. The van der Waals surface area contributed by atoms with Crippen LogP contribution in [0, 0.1) is 19.7 Å². The number of hydrogen-bond acceptors (Lipinski definition) is 4. The van der Waals surface area contributed by atoms with E-state index in [1.807, 2.05) is 0 Å². The second-order valence-corrected chi connectivity index (χ2v) is 9.24. The molecule has 3 rings (SSSR count). The lowest BCUT2D eigenvalue weighted by atomic mass is 9.92. The van der Waals surface area contributed by atoms with Gasteiger partial charge < -0.3 is 15.1 Å². The lowest BCUT2D eigenvalue weighted by Gasteiger charge is -2.17. The van der Waals surface area contributed by atoms with E-state index in [-0.39, 0.29) is 28.8 Å². The number of nitrogens with zero attached hydrogens (tertiary/aromatic N) is 1. The van der Waals surface area contributed by atoms with Gasteiger partial charge in [-0.25, -0.2) is 8.96 Å². The number of aryl methyl sites for hydroxylation is 2. The van der Waals surface area contributed by atoms with Gasteiger partial charge in [0.15, 0.2) is 0 Å². The number of halogens is 4. The molecular formula is C23H21F4N2O6P. The van der Waals surface area contributed by atoms with Crippen molar-refractivity contribution in [2.75, 3.05) is 5.32 Å². The molecule has 1 heterocycles. The van der Waals surface area contributed by atoms with Crippen LogP contribution in [0.2, 0.25) is 0 Å². The van der Waals surface area contributed by atoms with Gasteiger partial charge in [-0.3, -0.25) is 18.7 Å². The largest absolute Gasteiger partial charge is 0.471 e. The third kappa shape index (κ3) is 6.88. The summed E-state index contributed by atoms with van der Waals surface area (Å²) in [4.78, 5) is 42.7. The first-order valence-corrected chi connectivity index (χ1v) is 11.8. The number of alkyl halides is 3. The maximum Gasteiger partial charge on any atom is 0.471 e. The van der Waals surface area contributed by atoms with Gasteiger partial charge in [-0.05, 0) is 72.9 Å². The summed E-state index contributed by atoms with van der Waals surface area (Å²) in [6.07, 6.45) is -3.63. The number of phosphoric acid groups is 1. The normalized spacial score (nSPS) is 12.0. The van der Waals surface area contributed by atoms with Crippen molar-refractivity contribution in [2.24, 2.45) is 0 Å². The number of carbonyl (C=O) groups is 1. The van der Waals surface area contributed by atoms with E-state index >= 15 is 0 Å². The first kappa shape index (κ1) is 27.3. The zero-order chi connectivity index (χ0) is 26.8. The third-order valence-corrected chi connectivity index (χ3v) is 5.76. The minimum absolute atomic E-state index is 0.00102. The average Bonchev–Trinajstić information content (AvgIpc) is 2.74. The van der Waals surface area contributed by atoms with E-state index in [9.17, 15) is 31.7 Å². The molecule has 0 unspecified atom stereocenters. The van der Waals surface area contributed by atoms with Crippen LogP contribution >= 0.6 is 7.82 Å². The fourth-order valence-corrected chi connectivity index (χ4v) is 3.78. The summed E-state index contributed by atoms with van der Waals surface area (Å²) in [5.41, 5.74) is -0.863. The monoisotopic (exact) mass is 528 g/mol. The average molecular weight is 528 g/mol. The van der Waals surface area contributed by atoms with Gasteiger partial charge in [0.2, 0.25) is 0 Å². The van der Waals surface area contributed by atoms with Crippen LogP contribution in [-0.4, -0.2) is 20.3 Å². The summed E-state index contributed by atoms with van der Waals surface area (Å²) in [5.74, 6) is -1.29. The smallest absolute Gasteiger partial charge is 0.322 e. The number of aromatic nitrogens is 1. The van der Waals surface area contributed by atoms with Crippen LogP contribution in [0.4, 0.5) is 23.2 Å². The summed E-state index contributed by atoms with van der Waals surface area (Å²) in [6.45, 7) is 2.08. The van der Waals surface area contributed by atoms with E-state index < -0.39 is 43.6 Å². The zero-order valence-electron chi connectivity index (χ0n) is 19.0. The molecular weight excluding hydrogens is 507 g/mol. The number of pyridine rings is 1. The predicted molar refractivity (Wildman–Crippen MR) is 122 cm³/mol. The van der Waals surface area contributed by atoms with Gasteiger partial charge in [0.1, 0.15) is 12.5 Å². The molecule has 0 saturated heterocycles. The maximum atomic E-state index is 13.6. The Kier molecular flexibility index (Phi) is 7.85. The van der Waals surface area contributed by atoms with E-state index in [4.69, 9.17) is 9.79 Å². The number of nitrogens with one attached hydrogen (secondary N) is 1. The van der Waals surface area contributed by atoms with Crippen molar-refractivity contribution in [1.82, 2.24) is 4.57 Å². The Hall–Kier alpha value is -3.31. The number of rotatable bonds is 7. The highest BCUT2D eigenvalue weighted by molar-refractivity contribution is 7.46. The molecule has 0 fully saturated rings. The lowest BCUT2D eigenvalue weighted by Crippen LogP contribution is -2.22. The molecule has 2 aromatic carbocycles. The molecule has 8 nitrogen and oxygen atoms in total. The second kappa shape index (κ2) is 10.4. The molecule has 3 N–H and O–H groups in total. The number of anilines is 1. The van der Waals surface area contributed by atoms with Crippen molar-refractivity contribution in [3.63, 3.8) is 0 Å².